The highest BCUT2D eigenvalue weighted by atomic mass is 19.1. The van der Waals surface area contributed by atoms with Crippen molar-refractivity contribution in [2.45, 2.75) is 18.9 Å². The normalized spacial score (nSPS) is 23.3. The first kappa shape index (κ1) is 13.5. The molecule has 102 valence electrons. The lowest BCUT2D eigenvalue weighted by molar-refractivity contribution is -0.141. The van der Waals surface area contributed by atoms with Crippen LogP contribution in [0.2, 0.25) is 0 Å². The van der Waals surface area contributed by atoms with Crippen LogP contribution in [0.15, 0.2) is 24.3 Å². The number of hydrogen-bond donors (Lipinski definition) is 1. The Labute approximate surface area is 111 Å². The predicted octanol–water partition coefficient (Wildman–Crippen LogP) is 1.48. The maximum atomic E-state index is 13.9. The van der Waals surface area contributed by atoms with Gasteiger partial charge in [-0.15, -0.1) is 0 Å². The number of carbonyl (C=O) groups is 2. The molecule has 1 aromatic carbocycles. The fraction of sp³-hybridized carbons (Fsp3) is 0.429. The molecule has 1 heterocycles. The summed E-state index contributed by atoms with van der Waals surface area (Å²) < 4.78 is 13.9. The molecule has 0 aromatic heterocycles. The maximum Gasteiger partial charge on any atom is 0.225 e. The molecule has 0 unspecified atom stereocenters. The first-order valence-corrected chi connectivity index (χ1v) is 6.28. The van der Waals surface area contributed by atoms with Crippen LogP contribution in [0.1, 0.15) is 24.4 Å². The third-order valence-corrected chi connectivity index (χ3v) is 3.67. The fourth-order valence-electron chi connectivity index (χ4n) is 2.64. The number of halogens is 1. The Morgan fingerprint density at radius 1 is 1.42 bits per heavy atom. The predicted molar refractivity (Wildman–Crippen MR) is 68.7 cm³/mol. The Bertz CT molecular complexity index is 504. The van der Waals surface area contributed by atoms with E-state index in [2.05, 4.69) is 5.32 Å². The number of rotatable bonds is 2. The Morgan fingerprint density at radius 2 is 2.11 bits per heavy atom. The average Bonchev–Trinajstić information content (AvgIpc) is 2.42. The molecule has 1 aliphatic rings. The molecular formula is C14H17FN2O2. The third kappa shape index (κ3) is 2.45. The Hall–Kier alpha value is -1.91. The summed E-state index contributed by atoms with van der Waals surface area (Å²) in [5.74, 6) is -1.02. The smallest absolute Gasteiger partial charge is 0.225 e. The van der Waals surface area contributed by atoms with Crippen molar-refractivity contribution in [3.63, 3.8) is 0 Å². The highest BCUT2D eigenvalue weighted by Gasteiger charge is 2.39. The van der Waals surface area contributed by atoms with Crippen LogP contribution in [0.25, 0.3) is 0 Å². The first-order chi connectivity index (χ1) is 9.06. The highest BCUT2D eigenvalue weighted by Crippen LogP contribution is 2.36. The second-order valence-corrected chi connectivity index (χ2v) is 4.73. The van der Waals surface area contributed by atoms with Crippen LogP contribution >= 0.6 is 0 Å². The van der Waals surface area contributed by atoms with E-state index >= 15 is 0 Å². The van der Waals surface area contributed by atoms with Gasteiger partial charge < -0.3 is 10.2 Å². The van der Waals surface area contributed by atoms with E-state index in [0.29, 0.717) is 18.4 Å². The molecule has 0 aliphatic carbocycles. The van der Waals surface area contributed by atoms with E-state index < -0.39 is 12.0 Å². The SMILES string of the molecule is CNC(=O)[C@@H]1CCC(=O)N(C)[C@H]1c1ccccc1F. The topological polar surface area (TPSA) is 49.4 Å². The van der Waals surface area contributed by atoms with Gasteiger partial charge in [-0.3, -0.25) is 9.59 Å². The van der Waals surface area contributed by atoms with E-state index in [1.165, 1.54) is 11.0 Å². The molecule has 0 spiro atoms. The minimum atomic E-state index is -0.539. The van der Waals surface area contributed by atoms with Crippen LogP contribution in [-0.4, -0.2) is 30.8 Å². The zero-order valence-corrected chi connectivity index (χ0v) is 11.0. The van der Waals surface area contributed by atoms with Crippen LogP contribution in [-0.2, 0) is 9.59 Å². The van der Waals surface area contributed by atoms with Crippen molar-refractivity contribution < 1.29 is 14.0 Å². The molecule has 19 heavy (non-hydrogen) atoms. The summed E-state index contributed by atoms with van der Waals surface area (Å²) in [7, 11) is 3.17. The highest BCUT2D eigenvalue weighted by molar-refractivity contribution is 5.84. The monoisotopic (exact) mass is 264 g/mol. The average molecular weight is 264 g/mol. The fourth-order valence-corrected chi connectivity index (χ4v) is 2.64. The number of carbonyl (C=O) groups excluding carboxylic acids is 2. The standard InChI is InChI=1S/C14H17FN2O2/c1-16-14(19)10-7-8-12(18)17(2)13(10)9-5-3-4-6-11(9)15/h3-6,10,13H,7-8H2,1-2H3,(H,16,19)/t10-,13+/m1/s1. The number of nitrogens with zero attached hydrogens (tertiary/aromatic N) is 1. The number of hydrogen-bond acceptors (Lipinski definition) is 2. The van der Waals surface area contributed by atoms with Gasteiger partial charge >= 0.3 is 0 Å². The van der Waals surface area contributed by atoms with E-state index in [0.717, 1.165) is 0 Å². The summed E-state index contributed by atoms with van der Waals surface area (Å²) in [4.78, 5) is 25.2. The van der Waals surface area contributed by atoms with Gasteiger partial charge in [-0.2, -0.15) is 0 Å². The van der Waals surface area contributed by atoms with Gasteiger partial charge in [-0.05, 0) is 12.5 Å². The van der Waals surface area contributed by atoms with E-state index in [1.54, 1.807) is 32.3 Å². The van der Waals surface area contributed by atoms with Gasteiger partial charge in [0.25, 0.3) is 0 Å². The van der Waals surface area contributed by atoms with Gasteiger partial charge in [0.15, 0.2) is 0 Å². The largest absolute Gasteiger partial charge is 0.359 e. The molecule has 1 aromatic rings. The Kier molecular flexibility index (Phi) is 3.83. The molecule has 2 amide bonds. The van der Waals surface area contributed by atoms with E-state index in [-0.39, 0.29) is 17.6 Å². The lowest BCUT2D eigenvalue weighted by atomic mass is 9.84. The van der Waals surface area contributed by atoms with Crippen molar-refractivity contribution in [2.24, 2.45) is 5.92 Å². The van der Waals surface area contributed by atoms with Crippen molar-refractivity contribution >= 4 is 11.8 Å². The van der Waals surface area contributed by atoms with Crippen LogP contribution in [0.3, 0.4) is 0 Å². The Balaban J connectivity index is 2.43. The van der Waals surface area contributed by atoms with Gasteiger partial charge in [0.05, 0.1) is 12.0 Å². The van der Waals surface area contributed by atoms with Gasteiger partial charge in [-0.25, -0.2) is 4.39 Å². The molecule has 1 saturated heterocycles. The first-order valence-electron chi connectivity index (χ1n) is 6.28. The molecule has 5 heteroatoms. The van der Waals surface area contributed by atoms with Crippen LogP contribution in [0.4, 0.5) is 4.39 Å². The maximum absolute atomic E-state index is 13.9. The summed E-state index contributed by atoms with van der Waals surface area (Å²) >= 11 is 0. The second-order valence-electron chi connectivity index (χ2n) is 4.73. The van der Waals surface area contributed by atoms with Gasteiger partial charge in [0, 0.05) is 26.1 Å². The van der Waals surface area contributed by atoms with E-state index in [1.807, 2.05) is 0 Å². The number of piperidine rings is 1. The molecule has 4 nitrogen and oxygen atoms in total. The van der Waals surface area contributed by atoms with Crippen LogP contribution < -0.4 is 5.32 Å². The van der Waals surface area contributed by atoms with Crippen molar-refractivity contribution in [3.05, 3.63) is 35.6 Å². The number of likely N-dealkylation sites (tertiary alicyclic amines) is 1. The van der Waals surface area contributed by atoms with Crippen molar-refractivity contribution in [3.8, 4) is 0 Å². The lowest BCUT2D eigenvalue weighted by Crippen LogP contribution is -2.46. The molecule has 0 bridgehead atoms. The zero-order valence-electron chi connectivity index (χ0n) is 11.0. The molecule has 2 atom stereocenters. The lowest BCUT2D eigenvalue weighted by Gasteiger charge is -2.38. The molecular weight excluding hydrogens is 247 g/mol. The van der Waals surface area contributed by atoms with Crippen molar-refractivity contribution in [1.82, 2.24) is 10.2 Å². The zero-order chi connectivity index (χ0) is 14.0. The Morgan fingerprint density at radius 3 is 2.74 bits per heavy atom. The second kappa shape index (κ2) is 5.38. The minimum absolute atomic E-state index is 0.0617. The van der Waals surface area contributed by atoms with Gasteiger partial charge in [-0.1, -0.05) is 18.2 Å². The van der Waals surface area contributed by atoms with E-state index in [9.17, 15) is 14.0 Å². The molecule has 2 rings (SSSR count). The minimum Gasteiger partial charge on any atom is -0.359 e. The summed E-state index contributed by atoms with van der Waals surface area (Å²) in [5, 5.41) is 2.59. The molecule has 0 saturated carbocycles. The molecule has 0 radical (unpaired) electrons. The summed E-state index contributed by atoms with van der Waals surface area (Å²) in [5.41, 5.74) is 0.395. The number of nitrogens with one attached hydrogen (secondary N) is 1. The van der Waals surface area contributed by atoms with Crippen molar-refractivity contribution in [1.29, 1.82) is 0 Å². The summed E-state index contributed by atoms with van der Waals surface area (Å²) in [6, 6.07) is 5.75. The van der Waals surface area contributed by atoms with Crippen LogP contribution in [0.5, 0.6) is 0 Å². The third-order valence-electron chi connectivity index (χ3n) is 3.67. The molecule has 1 aliphatic heterocycles. The molecule has 1 fully saturated rings. The van der Waals surface area contributed by atoms with Crippen LogP contribution in [0, 0.1) is 11.7 Å². The summed E-state index contributed by atoms with van der Waals surface area (Å²) in [6.45, 7) is 0. The molecule has 1 N–H and O–H groups in total. The number of benzene rings is 1. The summed E-state index contributed by atoms with van der Waals surface area (Å²) in [6.07, 6.45) is 0.765. The quantitative estimate of drug-likeness (QED) is 0.879. The van der Waals surface area contributed by atoms with Crippen molar-refractivity contribution in [2.75, 3.05) is 14.1 Å². The van der Waals surface area contributed by atoms with E-state index in [4.69, 9.17) is 0 Å². The van der Waals surface area contributed by atoms with Gasteiger partial charge in [0.2, 0.25) is 11.8 Å². The van der Waals surface area contributed by atoms with Gasteiger partial charge in [0.1, 0.15) is 5.82 Å². The number of amides is 2.